The van der Waals surface area contributed by atoms with Gasteiger partial charge in [0.25, 0.3) is 11.7 Å². The number of hydrogen-bond donors (Lipinski definition) is 2. The normalized spacial score (nSPS) is 16.5. The largest absolute Gasteiger partial charge is 0.507 e. The van der Waals surface area contributed by atoms with Crippen molar-refractivity contribution in [1.82, 2.24) is 0 Å². The third kappa shape index (κ3) is 4.73. The fourth-order valence-corrected chi connectivity index (χ4v) is 4.25. The number of phenols is 1. The van der Waals surface area contributed by atoms with Gasteiger partial charge in [0.05, 0.1) is 35.3 Å². The van der Waals surface area contributed by atoms with E-state index in [-0.39, 0.29) is 34.7 Å². The van der Waals surface area contributed by atoms with Gasteiger partial charge in [0.15, 0.2) is 5.75 Å². The number of hydrogen-bond acceptors (Lipinski definition) is 8. The molecule has 1 atom stereocenters. The number of ketones is 1. The van der Waals surface area contributed by atoms with Crippen LogP contribution in [0.2, 0.25) is 0 Å². The van der Waals surface area contributed by atoms with Gasteiger partial charge in [-0.3, -0.25) is 24.6 Å². The molecule has 3 aromatic carbocycles. The molecule has 4 rings (SSSR count). The number of aromatic hydroxyl groups is 1. The van der Waals surface area contributed by atoms with Crippen molar-refractivity contribution in [3.05, 3.63) is 93.3 Å². The molecular formula is C27H23FN2O8. The van der Waals surface area contributed by atoms with E-state index in [1.165, 1.54) is 30.3 Å². The summed E-state index contributed by atoms with van der Waals surface area (Å²) in [7, 11) is 0. The minimum atomic E-state index is -1.35. The van der Waals surface area contributed by atoms with E-state index >= 15 is 0 Å². The van der Waals surface area contributed by atoms with Crippen LogP contribution < -0.4 is 14.4 Å². The number of ether oxygens (including phenoxy) is 2. The average Bonchev–Trinajstić information content (AvgIpc) is 3.15. The molecule has 1 aliphatic rings. The summed E-state index contributed by atoms with van der Waals surface area (Å²) in [5, 5.41) is 32.9. The van der Waals surface area contributed by atoms with Gasteiger partial charge >= 0.3 is 5.69 Å². The number of amides is 1. The van der Waals surface area contributed by atoms with Crippen molar-refractivity contribution in [3.8, 4) is 17.2 Å². The lowest BCUT2D eigenvalue weighted by molar-refractivity contribution is -0.385. The maximum absolute atomic E-state index is 13.6. The lowest BCUT2D eigenvalue weighted by atomic mass is 9.94. The predicted octanol–water partition coefficient (Wildman–Crippen LogP) is 4.86. The van der Waals surface area contributed by atoms with Gasteiger partial charge in [-0.1, -0.05) is 6.07 Å². The van der Waals surface area contributed by atoms with Gasteiger partial charge < -0.3 is 19.7 Å². The fourth-order valence-electron chi connectivity index (χ4n) is 4.25. The van der Waals surface area contributed by atoms with Crippen LogP contribution in [0.15, 0.2) is 66.2 Å². The van der Waals surface area contributed by atoms with E-state index in [2.05, 4.69) is 0 Å². The maximum Gasteiger partial charge on any atom is 0.311 e. The third-order valence-electron chi connectivity index (χ3n) is 5.88. The molecule has 1 fully saturated rings. The molecule has 0 spiro atoms. The van der Waals surface area contributed by atoms with Gasteiger partial charge in [-0.2, -0.15) is 0 Å². The van der Waals surface area contributed by atoms with E-state index in [9.17, 15) is 34.3 Å². The van der Waals surface area contributed by atoms with Crippen LogP contribution in [0.3, 0.4) is 0 Å². The Morgan fingerprint density at radius 2 is 1.71 bits per heavy atom. The van der Waals surface area contributed by atoms with E-state index in [1.54, 1.807) is 19.9 Å². The van der Waals surface area contributed by atoms with Gasteiger partial charge in [0.2, 0.25) is 0 Å². The number of phenolic OH excluding ortho intramolecular Hbond substituents is 1. The molecule has 1 aliphatic heterocycles. The number of halogens is 1. The molecule has 0 aromatic heterocycles. The molecule has 1 amide bonds. The Morgan fingerprint density at radius 1 is 1.03 bits per heavy atom. The van der Waals surface area contributed by atoms with Crippen molar-refractivity contribution in [2.75, 3.05) is 18.1 Å². The molecule has 0 radical (unpaired) electrons. The molecule has 11 heteroatoms. The summed E-state index contributed by atoms with van der Waals surface area (Å²) in [5.74, 6) is -3.27. The Morgan fingerprint density at radius 3 is 2.34 bits per heavy atom. The quantitative estimate of drug-likeness (QED) is 0.141. The molecule has 0 saturated carbocycles. The fraction of sp³-hybridized carbons (Fsp3) is 0.185. The van der Waals surface area contributed by atoms with Crippen LogP contribution in [0.4, 0.5) is 15.8 Å². The summed E-state index contributed by atoms with van der Waals surface area (Å²) in [6.45, 7) is 4.11. The number of aliphatic hydroxyl groups excluding tert-OH is 1. The summed E-state index contributed by atoms with van der Waals surface area (Å²) in [5.41, 5.74) is -0.771. The van der Waals surface area contributed by atoms with Crippen LogP contribution in [0.25, 0.3) is 5.76 Å². The standard InChI is InChI=1S/C27H23FN2O8/c1-3-37-18-10-11-19(22(14-18)38-4-2)25(32)23-24(15-5-12-21(31)20(13-15)30(35)36)29(27(34)26(23)33)17-8-6-16(28)7-9-17/h5-14,24,31-32H,3-4H2,1-2H3/b25-23-. The van der Waals surface area contributed by atoms with Gasteiger partial charge in [0.1, 0.15) is 23.1 Å². The van der Waals surface area contributed by atoms with Crippen LogP contribution in [0.1, 0.15) is 31.0 Å². The summed E-state index contributed by atoms with van der Waals surface area (Å²) in [6.07, 6.45) is 0. The molecular weight excluding hydrogens is 499 g/mol. The Bertz CT molecular complexity index is 1450. The summed E-state index contributed by atoms with van der Waals surface area (Å²) < 4.78 is 24.8. The first-order chi connectivity index (χ1) is 18.2. The number of anilines is 1. The highest BCUT2D eigenvalue weighted by Gasteiger charge is 2.47. The molecule has 10 nitrogen and oxygen atoms in total. The SMILES string of the molecule is CCOc1ccc(/C(O)=C2/C(=O)C(=O)N(c3ccc(F)cc3)C2c2ccc(O)c([N+](=O)[O-])c2)c(OCC)c1. The Balaban J connectivity index is 1.98. The second-order valence-electron chi connectivity index (χ2n) is 8.17. The number of Topliss-reactive ketones (excluding diaryl/α,β-unsaturated/α-hetero) is 1. The summed E-state index contributed by atoms with van der Waals surface area (Å²) in [6, 6.07) is 11.3. The summed E-state index contributed by atoms with van der Waals surface area (Å²) >= 11 is 0. The first-order valence-corrected chi connectivity index (χ1v) is 11.6. The second kappa shape index (κ2) is 10.6. The zero-order chi connectivity index (χ0) is 27.6. The van der Waals surface area contributed by atoms with Crippen LogP contribution in [0.5, 0.6) is 17.2 Å². The number of benzene rings is 3. The number of aliphatic hydroxyl groups is 1. The lowest BCUT2D eigenvalue weighted by Crippen LogP contribution is -2.29. The van der Waals surface area contributed by atoms with Crippen molar-refractivity contribution in [2.24, 2.45) is 0 Å². The highest BCUT2D eigenvalue weighted by Crippen LogP contribution is 2.45. The first-order valence-electron chi connectivity index (χ1n) is 11.6. The van der Waals surface area contributed by atoms with Crippen LogP contribution >= 0.6 is 0 Å². The minimum absolute atomic E-state index is 0.0588. The molecule has 1 heterocycles. The number of nitrogens with zero attached hydrogens (tertiary/aromatic N) is 2. The minimum Gasteiger partial charge on any atom is -0.507 e. The van der Waals surface area contributed by atoms with Crippen molar-refractivity contribution >= 4 is 28.8 Å². The Kier molecular flexibility index (Phi) is 7.28. The molecule has 0 aliphatic carbocycles. The molecule has 38 heavy (non-hydrogen) atoms. The molecule has 3 aromatic rings. The molecule has 196 valence electrons. The van der Waals surface area contributed by atoms with Crippen molar-refractivity contribution in [1.29, 1.82) is 0 Å². The van der Waals surface area contributed by atoms with Crippen molar-refractivity contribution in [2.45, 2.75) is 19.9 Å². The van der Waals surface area contributed by atoms with Crippen molar-refractivity contribution in [3.63, 3.8) is 0 Å². The van der Waals surface area contributed by atoms with Gasteiger partial charge in [-0.05, 0) is 61.9 Å². The van der Waals surface area contributed by atoms with E-state index in [0.29, 0.717) is 12.4 Å². The average molecular weight is 522 g/mol. The van der Waals surface area contributed by atoms with E-state index < -0.39 is 45.7 Å². The van der Waals surface area contributed by atoms with Gasteiger partial charge in [-0.25, -0.2) is 4.39 Å². The van der Waals surface area contributed by atoms with Crippen LogP contribution in [-0.2, 0) is 9.59 Å². The van der Waals surface area contributed by atoms with E-state index in [0.717, 1.165) is 29.2 Å². The predicted molar refractivity (Wildman–Crippen MR) is 135 cm³/mol. The Hall–Kier alpha value is -4.93. The van der Waals surface area contributed by atoms with Gasteiger partial charge in [0, 0.05) is 17.8 Å². The van der Waals surface area contributed by atoms with Crippen LogP contribution in [0, 0.1) is 15.9 Å². The molecule has 1 unspecified atom stereocenters. The number of nitro groups is 1. The smallest absolute Gasteiger partial charge is 0.311 e. The van der Waals surface area contributed by atoms with Crippen LogP contribution in [-0.4, -0.2) is 40.0 Å². The van der Waals surface area contributed by atoms with Gasteiger partial charge in [-0.15, -0.1) is 0 Å². The van der Waals surface area contributed by atoms with E-state index in [4.69, 9.17) is 9.47 Å². The third-order valence-corrected chi connectivity index (χ3v) is 5.88. The Labute approximate surface area is 216 Å². The molecule has 1 saturated heterocycles. The summed E-state index contributed by atoms with van der Waals surface area (Å²) in [4.78, 5) is 38.3. The monoisotopic (exact) mass is 522 g/mol. The molecule has 2 N–H and O–H groups in total. The van der Waals surface area contributed by atoms with Crippen molar-refractivity contribution < 1.29 is 38.6 Å². The zero-order valence-corrected chi connectivity index (χ0v) is 20.4. The number of rotatable bonds is 8. The number of carbonyl (C=O) groups excluding carboxylic acids is 2. The first kappa shape index (κ1) is 26.1. The number of carbonyl (C=O) groups is 2. The lowest BCUT2D eigenvalue weighted by Gasteiger charge is -2.25. The highest BCUT2D eigenvalue weighted by molar-refractivity contribution is 6.51. The zero-order valence-electron chi connectivity index (χ0n) is 20.4. The highest BCUT2D eigenvalue weighted by atomic mass is 19.1. The molecule has 0 bridgehead atoms. The van der Waals surface area contributed by atoms with E-state index in [1.807, 2.05) is 0 Å². The topological polar surface area (TPSA) is 139 Å². The second-order valence-corrected chi connectivity index (χ2v) is 8.17. The maximum atomic E-state index is 13.6. The number of nitro benzene ring substituents is 1.